The minimum atomic E-state index is 0.181. The van der Waals surface area contributed by atoms with Crippen LogP contribution in [0.2, 0.25) is 0 Å². The fourth-order valence-electron chi connectivity index (χ4n) is 3.10. The highest BCUT2D eigenvalue weighted by Crippen LogP contribution is 2.31. The molecular weight excluding hydrogens is 284 g/mol. The first-order valence-electron chi connectivity index (χ1n) is 9.56. The Morgan fingerprint density at radius 3 is 2.70 bits per heavy atom. The number of allylic oxidation sites excluding steroid dienone is 1. The fourth-order valence-corrected chi connectivity index (χ4v) is 3.10. The SMILES string of the molecule is CCCN=CC1=C(CCC(C)CCCOCCC)CC(C)(C)N1. The van der Waals surface area contributed by atoms with Crippen LogP contribution in [-0.2, 0) is 4.74 Å². The van der Waals surface area contributed by atoms with Gasteiger partial charge in [0.2, 0.25) is 0 Å². The molecule has 3 heteroatoms. The Morgan fingerprint density at radius 2 is 2.00 bits per heavy atom. The van der Waals surface area contributed by atoms with Gasteiger partial charge in [-0.3, -0.25) is 4.99 Å². The van der Waals surface area contributed by atoms with Crippen LogP contribution in [0.25, 0.3) is 0 Å². The number of hydrogen-bond donors (Lipinski definition) is 1. The van der Waals surface area contributed by atoms with Crippen molar-refractivity contribution in [1.82, 2.24) is 5.32 Å². The van der Waals surface area contributed by atoms with E-state index >= 15 is 0 Å². The molecule has 1 heterocycles. The number of hydrogen-bond acceptors (Lipinski definition) is 3. The Morgan fingerprint density at radius 1 is 1.22 bits per heavy atom. The van der Waals surface area contributed by atoms with E-state index in [0.29, 0.717) is 0 Å². The summed E-state index contributed by atoms with van der Waals surface area (Å²) in [5, 5.41) is 3.64. The molecule has 0 spiro atoms. The lowest BCUT2D eigenvalue weighted by Gasteiger charge is -2.19. The van der Waals surface area contributed by atoms with E-state index in [1.54, 1.807) is 5.57 Å². The van der Waals surface area contributed by atoms with Gasteiger partial charge in [-0.15, -0.1) is 0 Å². The summed E-state index contributed by atoms with van der Waals surface area (Å²) in [5.41, 5.74) is 3.02. The van der Waals surface area contributed by atoms with Gasteiger partial charge in [0.05, 0.1) is 5.70 Å². The lowest BCUT2D eigenvalue weighted by molar-refractivity contribution is 0.127. The highest BCUT2D eigenvalue weighted by Gasteiger charge is 2.28. The van der Waals surface area contributed by atoms with Crippen molar-refractivity contribution in [1.29, 1.82) is 0 Å². The average molecular weight is 323 g/mol. The Hall–Kier alpha value is -0.830. The van der Waals surface area contributed by atoms with Crippen LogP contribution in [0.1, 0.15) is 79.6 Å². The van der Waals surface area contributed by atoms with E-state index in [1.165, 1.54) is 31.4 Å². The van der Waals surface area contributed by atoms with Gasteiger partial charge in [0.1, 0.15) is 0 Å². The fraction of sp³-hybridized carbons (Fsp3) is 0.850. The van der Waals surface area contributed by atoms with Gasteiger partial charge in [-0.25, -0.2) is 0 Å². The zero-order valence-electron chi connectivity index (χ0n) is 16.1. The van der Waals surface area contributed by atoms with E-state index in [0.717, 1.165) is 44.9 Å². The van der Waals surface area contributed by atoms with E-state index < -0.39 is 0 Å². The molecule has 134 valence electrons. The molecule has 1 aliphatic heterocycles. The molecule has 1 unspecified atom stereocenters. The van der Waals surface area contributed by atoms with E-state index in [9.17, 15) is 0 Å². The number of ether oxygens (including phenoxy) is 1. The van der Waals surface area contributed by atoms with Gasteiger partial charge >= 0.3 is 0 Å². The lowest BCUT2D eigenvalue weighted by Crippen LogP contribution is -2.33. The molecule has 0 saturated heterocycles. The second-order valence-electron chi connectivity index (χ2n) is 7.64. The van der Waals surface area contributed by atoms with Crippen LogP contribution in [0, 0.1) is 5.92 Å². The van der Waals surface area contributed by atoms with Crippen LogP contribution in [-0.4, -0.2) is 31.5 Å². The molecule has 1 N–H and O–H groups in total. The number of aliphatic imine (C=N–C) groups is 1. The van der Waals surface area contributed by atoms with Gasteiger partial charge in [0.25, 0.3) is 0 Å². The molecule has 1 rings (SSSR count). The quantitative estimate of drug-likeness (QED) is 0.400. The van der Waals surface area contributed by atoms with Crippen molar-refractivity contribution >= 4 is 6.21 Å². The summed E-state index contributed by atoms with van der Waals surface area (Å²) in [6, 6.07) is 0. The topological polar surface area (TPSA) is 33.6 Å². The van der Waals surface area contributed by atoms with Crippen LogP contribution in [0.5, 0.6) is 0 Å². The van der Waals surface area contributed by atoms with E-state index in [1.807, 2.05) is 0 Å². The Bertz CT molecular complexity index is 385. The normalized spacial score (nSPS) is 18.7. The third-order valence-corrected chi connectivity index (χ3v) is 4.36. The number of nitrogens with one attached hydrogen (secondary N) is 1. The molecule has 0 amide bonds. The van der Waals surface area contributed by atoms with E-state index in [-0.39, 0.29) is 5.54 Å². The lowest BCUT2D eigenvalue weighted by atomic mass is 9.92. The highest BCUT2D eigenvalue weighted by molar-refractivity contribution is 5.80. The predicted octanol–water partition coefficient (Wildman–Crippen LogP) is 5.12. The van der Waals surface area contributed by atoms with Crippen molar-refractivity contribution in [2.75, 3.05) is 19.8 Å². The van der Waals surface area contributed by atoms with Crippen molar-refractivity contribution in [2.24, 2.45) is 10.9 Å². The monoisotopic (exact) mass is 322 g/mol. The average Bonchev–Trinajstić information content (AvgIpc) is 2.79. The van der Waals surface area contributed by atoms with Crippen LogP contribution in [0.15, 0.2) is 16.3 Å². The summed E-state index contributed by atoms with van der Waals surface area (Å²) in [4.78, 5) is 4.53. The molecule has 0 saturated carbocycles. The van der Waals surface area contributed by atoms with Gasteiger partial charge in [-0.2, -0.15) is 0 Å². The molecule has 1 atom stereocenters. The predicted molar refractivity (Wildman–Crippen MR) is 101 cm³/mol. The Kier molecular flexibility index (Phi) is 9.54. The van der Waals surface area contributed by atoms with E-state index in [2.05, 4.69) is 51.1 Å². The van der Waals surface area contributed by atoms with Gasteiger partial charge < -0.3 is 10.1 Å². The third kappa shape index (κ3) is 8.55. The molecule has 0 radical (unpaired) electrons. The van der Waals surface area contributed by atoms with Gasteiger partial charge in [-0.05, 0) is 70.3 Å². The zero-order valence-corrected chi connectivity index (χ0v) is 16.1. The van der Waals surface area contributed by atoms with E-state index in [4.69, 9.17) is 4.74 Å². The first-order valence-corrected chi connectivity index (χ1v) is 9.56. The van der Waals surface area contributed by atoms with Crippen molar-refractivity contribution < 1.29 is 4.74 Å². The largest absolute Gasteiger partial charge is 0.381 e. The summed E-state index contributed by atoms with van der Waals surface area (Å²) < 4.78 is 5.57. The molecular formula is C20H38N2O. The second-order valence-corrected chi connectivity index (χ2v) is 7.64. The molecule has 0 fully saturated rings. The second kappa shape index (κ2) is 10.9. The van der Waals surface area contributed by atoms with Crippen LogP contribution in [0.3, 0.4) is 0 Å². The van der Waals surface area contributed by atoms with Gasteiger partial charge in [0, 0.05) is 31.5 Å². The first-order chi connectivity index (χ1) is 11.0. The molecule has 0 aromatic carbocycles. The van der Waals surface area contributed by atoms with Crippen molar-refractivity contribution in [3.05, 3.63) is 11.3 Å². The maximum atomic E-state index is 5.57. The van der Waals surface area contributed by atoms with Crippen molar-refractivity contribution in [3.63, 3.8) is 0 Å². The standard InChI is InChI=1S/C20H38N2O/c1-6-12-21-16-19-18(15-20(4,5)22-19)11-10-17(3)9-8-14-23-13-7-2/h16-17,22H,6-15H2,1-5H3. The molecule has 0 bridgehead atoms. The van der Waals surface area contributed by atoms with Crippen molar-refractivity contribution in [3.8, 4) is 0 Å². The molecule has 0 aromatic heterocycles. The minimum Gasteiger partial charge on any atom is -0.381 e. The molecule has 23 heavy (non-hydrogen) atoms. The maximum absolute atomic E-state index is 5.57. The smallest absolute Gasteiger partial charge is 0.0518 e. The zero-order chi connectivity index (χ0) is 17.1. The Labute approximate surface area is 144 Å². The summed E-state index contributed by atoms with van der Waals surface area (Å²) >= 11 is 0. The van der Waals surface area contributed by atoms with Crippen LogP contribution >= 0.6 is 0 Å². The number of nitrogens with zero attached hydrogens (tertiary/aromatic N) is 1. The van der Waals surface area contributed by atoms with Crippen LogP contribution in [0.4, 0.5) is 0 Å². The molecule has 3 nitrogen and oxygen atoms in total. The number of rotatable bonds is 12. The Balaban J connectivity index is 2.38. The molecule has 0 aliphatic carbocycles. The summed E-state index contributed by atoms with van der Waals surface area (Å²) in [5.74, 6) is 0.769. The summed E-state index contributed by atoms with van der Waals surface area (Å²) in [6.07, 6.45) is 10.4. The molecule has 1 aliphatic rings. The summed E-state index contributed by atoms with van der Waals surface area (Å²) in [6.45, 7) is 14.0. The third-order valence-electron chi connectivity index (χ3n) is 4.36. The first kappa shape index (κ1) is 20.2. The summed E-state index contributed by atoms with van der Waals surface area (Å²) in [7, 11) is 0. The minimum absolute atomic E-state index is 0.181. The molecule has 0 aromatic rings. The van der Waals surface area contributed by atoms with Crippen LogP contribution < -0.4 is 5.32 Å². The van der Waals surface area contributed by atoms with Gasteiger partial charge in [0.15, 0.2) is 0 Å². The maximum Gasteiger partial charge on any atom is 0.0518 e. The van der Waals surface area contributed by atoms with Gasteiger partial charge in [-0.1, -0.05) is 20.8 Å². The van der Waals surface area contributed by atoms with Crippen molar-refractivity contribution in [2.45, 2.75) is 85.1 Å². The highest BCUT2D eigenvalue weighted by atomic mass is 16.5.